The van der Waals surface area contributed by atoms with E-state index in [1.807, 2.05) is 24.0 Å². The number of phenolic OH excluding ortho intramolecular Hbond substituents is 1. The molecule has 2 fully saturated rings. The van der Waals surface area contributed by atoms with Crippen molar-refractivity contribution in [3.05, 3.63) is 47.8 Å². The van der Waals surface area contributed by atoms with Gasteiger partial charge in [0.15, 0.2) is 0 Å². The molecule has 6 heteroatoms. The summed E-state index contributed by atoms with van der Waals surface area (Å²) in [5.41, 5.74) is 1.37. The van der Waals surface area contributed by atoms with Gasteiger partial charge in [0.05, 0.1) is 5.56 Å². The smallest absolute Gasteiger partial charge is 0.257 e. The minimum absolute atomic E-state index is 0.0508. The number of aromatic nitrogens is 2. The number of nitrogens with zero attached hydrogens (tertiary/aromatic N) is 4. The molecule has 0 saturated carbocycles. The Hall–Kier alpha value is -2.63. The summed E-state index contributed by atoms with van der Waals surface area (Å²) in [5, 5.41) is 10.1. The van der Waals surface area contributed by atoms with Crippen molar-refractivity contribution < 1.29 is 9.90 Å². The first kappa shape index (κ1) is 17.8. The van der Waals surface area contributed by atoms with Gasteiger partial charge in [0.25, 0.3) is 5.91 Å². The van der Waals surface area contributed by atoms with E-state index in [2.05, 4.69) is 14.9 Å². The third-order valence-corrected chi connectivity index (χ3v) is 5.94. The molecule has 6 nitrogen and oxygen atoms in total. The molecule has 2 saturated heterocycles. The standard InChI is InChI=1S/C21H26N4O2/c1-15-3-4-18(19(26)13-15)20(27)25-12-7-17(14-25)16-5-10-24(11-6-16)21-22-8-2-9-23-21/h2-4,8-9,13,16-17,26H,5-7,10-12,14H2,1H3/t17-/m0/s1. The van der Waals surface area contributed by atoms with Gasteiger partial charge in [-0.15, -0.1) is 0 Å². The summed E-state index contributed by atoms with van der Waals surface area (Å²) >= 11 is 0. The van der Waals surface area contributed by atoms with Crippen LogP contribution in [0.4, 0.5) is 5.95 Å². The molecule has 142 valence electrons. The Morgan fingerprint density at radius 2 is 1.78 bits per heavy atom. The number of aromatic hydroxyl groups is 1. The highest BCUT2D eigenvalue weighted by molar-refractivity contribution is 5.97. The number of hydrogen-bond acceptors (Lipinski definition) is 5. The number of carbonyl (C=O) groups is 1. The number of amides is 1. The van der Waals surface area contributed by atoms with Crippen molar-refractivity contribution in [1.82, 2.24) is 14.9 Å². The van der Waals surface area contributed by atoms with Crippen molar-refractivity contribution in [2.75, 3.05) is 31.1 Å². The highest BCUT2D eigenvalue weighted by atomic mass is 16.3. The van der Waals surface area contributed by atoms with Gasteiger partial charge in [0, 0.05) is 38.6 Å². The monoisotopic (exact) mass is 366 g/mol. The molecule has 4 rings (SSSR count). The molecule has 2 aliphatic heterocycles. The van der Waals surface area contributed by atoms with E-state index in [-0.39, 0.29) is 11.7 Å². The number of piperidine rings is 1. The van der Waals surface area contributed by atoms with E-state index in [1.54, 1.807) is 24.5 Å². The summed E-state index contributed by atoms with van der Waals surface area (Å²) in [5.74, 6) is 2.02. The Balaban J connectivity index is 1.34. The van der Waals surface area contributed by atoms with Gasteiger partial charge in [-0.2, -0.15) is 0 Å². The molecule has 1 aromatic heterocycles. The van der Waals surface area contributed by atoms with Crippen molar-refractivity contribution in [1.29, 1.82) is 0 Å². The normalized spacial score (nSPS) is 20.9. The summed E-state index contributed by atoms with van der Waals surface area (Å²) in [7, 11) is 0. The molecule has 27 heavy (non-hydrogen) atoms. The lowest BCUT2D eigenvalue weighted by atomic mass is 9.84. The topological polar surface area (TPSA) is 69.6 Å². The molecule has 1 aromatic carbocycles. The molecule has 0 bridgehead atoms. The zero-order valence-electron chi connectivity index (χ0n) is 15.7. The third-order valence-electron chi connectivity index (χ3n) is 5.94. The average molecular weight is 366 g/mol. The van der Waals surface area contributed by atoms with Crippen molar-refractivity contribution >= 4 is 11.9 Å². The third kappa shape index (κ3) is 3.75. The second-order valence-corrected chi connectivity index (χ2v) is 7.69. The maximum Gasteiger partial charge on any atom is 0.257 e. The van der Waals surface area contributed by atoms with E-state index in [4.69, 9.17) is 0 Å². The Kier molecular flexibility index (Phi) is 4.97. The van der Waals surface area contributed by atoms with E-state index in [0.717, 1.165) is 57.0 Å². The van der Waals surface area contributed by atoms with E-state index >= 15 is 0 Å². The zero-order valence-corrected chi connectivity index (χ0v) is 15.7. The van der Waals surface area contributed by atoms with E-state index in [0.29, 0.717) is 17.4 Å². The number of carbonyl (C=O) groups excluding carboxylic acids is 1. The Morgan fingerprint density at radius 1 is 1.07 bits per heavy atom. The largest absolute Gasteiger partial charge is 0.507 e. The van der Waals surface area contributed by atoms with Gasteiger partial charge in [0.1, 0.15) is 5.75 Å². The molecule has 1 amide bonds. The molecule has 0 unspecified atom stereocenters. The molecule has 3 heterocycles. The van der Waals surface area contributed by atoms with E-state index in [1.165, 1.54) is 0 Å². The van der Waals surface area contributed by atoms with Gasteiger partial charge < -0.3 is 14.9 Å². The number of likely N-dealkylation sites (tertiary alicyclic amines) is 1. The van der Waals surface area contributed by atoms with Crippen molar-refractivity contribution in [2.45, 2.75) is 26.2 Å². The van der Waals surface area contributed by atoms with Crippen LogP contribution in [0.5, 0.6) is 5.75 Å². The van der Waals surface area contributed by atoms with Gasteiger partial charge in [-0.05, 0) is 61.8 Å². The lowest BCUT2D eigenvalue weighted by molar-refractivity contribution is 0.0777. The highest BCUT2D eigenvalue weighted by Crippen LogP contribution is 2.33. The number of benzene rings is 1. The van der Waals surface area contributed by atoms with Crippen LogP contribution < -0.4 is 4.90 Å². The summed E-state index contributed by atoms with van der Waals surface area (Å²) in [6, 6.07) is 7.11. The Bertz CT molecular complexity index is 803. The fourth-order valence-electron chi connectivity index (χ4n) is 4.37. The summed E-state index contributed by atoms with van der Waals surface area (Å²) in [4.78, 5) is 25.6. The van der Waals surface area contributed by atoms with Crippen LogP contribution in [0.25, 0.3) is 0 Å². The summed E-state index contributed by atoms with van der Waals surface area (Å²) in [6.07, 6.45) is 6.84. The molecule has 1 N–H and O–H groups in total. The maximum absolute atomic E-state index is 12.8. The van der Waals surface area contributed by atoms with Crippen LogP contribution >= 0.6 is 0 Å². The van der Waals surface area contributed by atoms with Crippen LogP contribution in [0.1, 0.15) is 35.2 Å². The fraction of sp³-hybridized carbons (Fsp3) is 0.476. The zero-order chi connectivity index (χ0) is 18.8. The molecular formula is C21H26N4O2. The molecule has 1 atom stereocenters. The molecule has 0 spiro atoms. The van der Waals surface area contributed by atoms with Crippen LogP contribution in [0.3, 0.4) is 0 Å². The second kappa shape index (κ2) is 7.55. The maximum atomic E-state index is 12.8. The van der Waals surface area contributed by atoms with Crippen LogP contribution in [0.15, 0.2) is 36.7 Å². The first-order chi connectivity index (χ1) is 13.1. The lowest BCUT2D eigenvalue weighted by Crippen LogP contribution is -2.38. The van der Waals surface area contributed by atoms with Crippen molar-refractivity contribution in [3.63, 3.8) is 0 Å². The van der Waals surface area contributed by atoms with Gasteiger partial charge in [0.2, 0.25) is 5.95 Å². The molecule has 2 aromatic rings. The number of phenols is 1. The molecule has 2 aliphatic rings. The van der Waals surface area contributed by atoms with Gasteiger partial charge in [-0.25, -0.2) is 9.97 Å². The number of aryl methyl sites for hydroxylation is 1. The number of hydrogen-bond donors (Lipinski definition) is 1. The Labute approximate surface area is 159 Å². The van der Waals surface area contributed by atoms with Crippen LogP contribution in [0.2, 0.25) is 0 Å². The summed E-state index contributed by atoms with van der Waals surface area (Å²) in [6.45, 7) is 5.42. The molecule has 0 aliphatic carbocycles. The van der Waals surface area contributed by atoms with Gasteiger partial charge >= 0.3 is 0 Å². The lowest BCUT2D eigenvalue weighted by Gasteiger charge is -2.34. The van der Waals surface area contributed by atoms with Gasteiger partial charge in [-0.1, -0.05) is 6.07 Å². The van der Waals surface area contributed by atoms with Crippen molar-refractivity contribution in [3.8, 4) is 5.75 Å². The first-order valence-electron chi connectivity index (χ1n) is 9.72. The minimum atomic E-state index is -0.0508. The first-order valence-corrected chi connectivity index (χ1v) is 9.72. The minimum Gasteiger partial charge on any atom is -0.507 e. The van der Waals surface area contributed by atoms with E-state index in [9.17, 15) is 9.90 Å². The van der Waals surface area contributed by atoms with Crippen LogP contribution in [-0.2, 0) is 0 Å². The Morgan fingerprint density at radius 3 is 2.48 bits per heavy atom. The van der Waals surface area contributed by atoms with Crippen LogP contribution in [-0.4, -0.2) is 52.1 Å². The quantitative estimate of drug-likeness (QED) is 0.905. The fourth-order valence-corrected chi connectivity index (χ4v) is 4.37. The highest BCUT2D eigenvalue weighted by Gasteiger charge is 2.34. The second-order valence-electron chi connectivity index (χ2n) is 7.69. The SMILES string of the molecule is Cc1ccc(C(=O)N2CC[C@H](C3CCN(c4ncccn4)CC3)C2)c(O)c1. The predicted octanol–water partition coefficient (Wildman–Crippen LogP) is 2.87. The average Bonchev–Trinajstić information content (AvgIpc) is 3.19. The van der Waals surface area contributed by atoms with Gasteiger partial charge in [-0.3, -0.25) is 4.79 Å². The molecular weight excluding hydrogens is 340 g/mol. The number of anilines is 1. The van der Waals surface area contributed by atoms with Crippen molar-refractivity contribution in [2.24, 2.45) is 11.8 Å². The van der Waals surface area contributed by atoms with E-state index < -0.39 is 0 Å². The molecule has 0 radical (unpaired) electrons. The number of rotatable bonds is 3. The predicted molar refractivity (Wildman–Crippen MR) is 104 cm³/mol. The summed E-state index contributed by atoms with van der Waals surface area (Å²) < 4.78 is 0. The van der Waals surface area contributed by atoms with Crippen LogP contribution in [0, 0.1) is 18.8 Å².